The lowest BCUT2D eigenvalue weighted by Gasteiger charge is -2.29. The molecular formula is C27H25ClN6O2. The Hall–Kier alpha value is -3.96. The molecule has 1 aliphatic carbocycles. The van der Waals surface area contributed by atoms with E-state index in [1.807, 2.05) is 28.8 Å². The molecule has 182 valence electrons. The first-order chi connectivity index (χ1) is 17.5. The van der Waals surface area contributed by atoms with Crippen molar-refractivity contribution in [1.29, 1.82) is 5.26 Å². The van der Waals surface area contributed by atoms with Gasteiger partial charge in [-0.1, -0.05) is 23.7 Å². The van der Waals surface area contributed by atoms with E-state index in [0.29, 0.717) is 40.0 Å². The van der Waals surface area contributed by atoms with Gasteiger partial charge in [-0.05, 0) is 62.8 Å². The molecule has 0 aliphatic heterocycles. The topological polar surface area (TPSA) is 106 Å². The average Bonchev–Trinajstić information content (AvgIpc) is 3.17. The van der Waals surface area contributed by atoms with Gasteiger partial charge >= 0.3 is 5.69 Å². The van der Waals surface area contributed by atoms with Crippen LogP contribution in [-0.2, 0) is 6.54 Å². The smallest absolute Gasteiger partial charge is 0.333 e. The molecule has 8 nitrogen and oxygen atoms in total. The fraction of sp³-hybridized carbons (Fsp3) is 0.296. The molecule has 5 rings (SSSR count). The molecule has 36 heavy (non-hydrogen) atoms. The minimum atomic E-state index is -0.168. The number of carbonyl (C=O) groups is 1. The second-order valence-electron chi connectivity index (χ2n) is 9.20. The molecule has 1 N–H and O–H groups in total. The van der Waals surface area contributed by atoms with E-state index in [-0.39, 0.29) is 17.6 Å². The molecule has 9 heteroatoms. The van der Waals surface area contributed by atoms with Gasteiger partial charge in [-0.3, -0.25) is 23.9 Å². The second-order valence-corrected chi connectivity index (χ2v) is 9.64. The van der Waals surface area contributed by atoms with Crippen molar-refractivity contribution in [1.82, 2.24) is 24.4 Å². The predicted octanol–water partition coefficient (Wildman–Crippen LogP) is 4.40. The number of nitrogens with one attached hydrogen (secondary N) is 1. The van der Waals surface area contributed by atoms with E-state index in [0.717, 1.165) is 36.7 Å². The van der Waals surface area contributed by atoms with E-state index in [1.165, 1.54) is 12.4 Å². The fourth-order valence-corrected chi connectivity index (χ4v) is 5.19. The maximum Gasteiger partial charge on any atom is 0.333 e. The Morgan fingerprint density at radius 1 is 1.17 bits per heavy atom. The maximum atomic E-state index is 13.6. The molecule has 1 saturated carbocycles. The van der Waals surface area contributed by atoms with Crippen LogP contribution in [0.5, 0.6) is 0 Å². The van der Waals surface area contributed by atoms with Crippen LogP contribution in [0, 0.1) is 24.2 Å². The van der Waals surface area contributed by atoms with E-state index in [9.17, 15) is 14.9 Å². The van der Waals surface area contributed by atoms with Gasteiger partial charge in [0.2, 0.25) is 0 Å². The van der Waals surface area contributed by atoms with Crippen LogP contribution >= 0.6 is 11.6 Å². The summed E-state index contributed by atoms with van der Waals surface area (Å²) < 4.78 is 3.41. The van der Waals surface area contributed by atoms with Crippen molar-refractivity contribution in [3.63, 3.8) is 0 Å². The molecule has 0 radical (unpaired) electrons. The van der Waals surface area contributed by atoms with Crippen LogP contribution in [-0.4, -0.2) is 31.1 Å². The summed E-state index contributed by atoms with van der Waals surface area (Å²) in [7, 11) is 0. The zero-order valence-corrected chi connectivity index (χ0v) is 20.6. The van der Waals surface area contributed by atoms with E-state index in [2.05, 4.69) is 21.4 Å². The largest absolute Gasteiger partial charge is 0.349 e. The number of hydrogen-bond acceptors (Lipinski definition) is 5. The molecule has 1 fully saturated rings. The molecule has 4 aromatic rings. The summed E-state index contributed by atoms with van der Waals surface area (Å²) in [6, 6.07) is 13.2. The first-order valence-electron chi connectivity index (χ1n) is 11.9. The molecule has 0 unspecified atom stereocenters. The van der Waals surface area contributed by atoms with Crippen LogP contribution in [0.2, 0.25) is 5.02 Å². The van der Waals surface area contributed by atoms with Gasteiger partial charge in [0.25, 0.3) is 5.91 Å². The van der Waals surface area contributed by atoms with Gasteiger partial charge in [-0.15, -0.1) is 0 Å². The van der Waals surface area contributed by atoms with E-state index < -0.39 is 0 Å². The maximum absolute atomic E-state index is 13.6. The standard InChI is InChI=1S/C27H25ClN6O2/c1-17-22(12-20(28)15-31-17)26(35)32-21-8-6-18(7-9-21)16-33-24-4-2-3-5-25(24)34(27(33)36)23-10-11-30-14-19(23)13-29/h2-5,10-12,14-15,18,21H,6-9,16H2,1H3,(H,32,35). The summed E-state index contributed by atoms with van der Waals surface area (Å²) in [5.41, 5.74) is 3.46. The van der Waals surface area contributed by atoms with Crippen LogP contribution in [0.25, 0.3) is 16.7 Å². The van der Waals surface area contributed by atoms with Crippen molar-refractivity contribution in [2.24, 2.45) is 5.92 Å². The summed E-state index contributed by atoms with van der Waals surface area (Å²) in [6.07, 6.45) is 8.05. The minimum absolute atomic E-state index is 0.0696. The van der Waals surface area contributed by atoms with Crippen molar-refractivity contribution in [3.8, 4) is 11.8 Å². The molecule has 0 atom stereocenters. The number of amides is 1. The summed E-state index contributed by atoms with van der Waals surface area (Å²) in [5.74, 6) is 0.147. The third-order valence-corrected chi connectivity index (χ3v) is 7.12. The molecule has 1 aliphatic rings. The molecule has 3 heterocycles. The number of imidazole rings is 1. The van der Waals surface area contributed by atoms with Crippen molar-refractivity contribution >= 4 is 28.5 Å². The van der Waals surface area contributed by atoms with Crippen LogP contribution in [0.4, 0.5) is 0 Å². The Morgan fingerprint density at radius 2 is 1.92 bits per heavy atom. The Morgan fingerprint density at radius 3 is 2.67 bits per heavy atom. The Labute approximate surface area is 213 Å². The van der Waals surface area contributed by atoms with Crippen LogP contribution in [0.1, 0.15) is 47.3 Å². The summed E-state index contributed by atoms with van der Waals surface area (Å²) in [6.45, 7) is 2.37. The first kappa shape index (κ1) is 23.8. The van der Waals surface area contributed by atoms with Crippen LogP contribution in [0.15, 0.2) is 59.8 Å². The molecule has 1 amide bonds. The van der Waals surface area contributed by atoms with Crippen molar-refractivity contribution in [3.05, 3.63) is 87.3 Å². The number of rotatable bonds is 5. The predicted molar refractivity (Wildman–Crippen MR) is 137 cm³/mol. The van der Waals surface area contributed by atoms with Gasteiger partial charge in [0.05, 0.1) is 38.6 Å². The van der Waals surface area contributed by atoms with Gasteiger partial charge in [0.15, 0.2) is 0 Å². The van der Waals surface area contributed by atoms with Gasteiger partial charge in [-0.25, -0.2) is 4.79 Å². The number of para-hydroxylation sites is 2. The van der Waals surface area contributed by atoms with Gasteiger partial charge < -0.3 is 5.32 Å². The van der Waals surface area contributed by atoms with Crippen LogP contribution < -0.4 is 11.0 Å². The number of benzene rings is 1. The Balaban J connectivity index is 1.33. The van der Waals surface area contributed by atoms with Crippen molar-refractivity contribution in [2.45, 2.75) is 45.2 Å². The highest BCUT2D eigenvalue weighted by Gasteiger charge is 2.26. The number of nitrogens with zero attached hydrogens (tertiary/aromatic N) is 5. The third-order valence-electron chi connectivity index (χ3n) is 6.92. The van der Waals surface area contributed by atoms with E-state index >= 15 is 0 Å². The number of nitriles is 1. The summed E-state index contributed by atoms with van der Waals surface area (Å²) in [5, 5.41) is 13.1. The first-order valence-corrected chi connectivity index (χ1v) is 12.3. The number of aromatic nitrogens is 4. The Kier molecular flexibility index (Phi) is 6.57. The average molecular weight is 501 g/mol. The monoisotopic (exact) mass is 500 g/mol. The minimum Gasteiger partial charge on any atom is -0.349 e. The lowest BCUT2D eigenvalue weighted by Crippen LogP contribution is -2.39. The fourth-order valence-electron chi connectivity index (χ4n) is 5.03. The number of pyridine rings is 2. The molecule has 3 aromatic heterocycles. The normalized spacial score (nSPS) is 17.6. The molecular weight excluding hydrogens is 476 g/mol. The highest BCUT2D eigenvalue weighted by Crippen LogP contribution is 2.28. The Bertz CT molecular complexity index is 1540. The lowest BCUT2D eigenvalue weighted by molar-refractivity contribution is 0.0919. The van der Waals surface area contributed by atoms with Crippen molar-refractivity contribution in [2.75, 3.05) is 0 Å². The van der Waals surface area contributed by atoms with Crippen molar-refractivity contribution < 1.29 is 4.79 Å². The lowest BCUT2D eigenvalue weighted by atomic mass is 9.85. The second kappa shape index (κ2) is 9.96. The number of carbonyl (C=O) groups excluding carboxylic acids is 1. The highest BCUT2D eigenvalue weighted by atomic mass is 35.5. The van der Waals surface area contributed by atoms with Gasteiger partial charge in [0.1, 0.15) is 6.07 Å². The summed E-state index contributed by atoms with van der Waals surface area (Å²) in [4.78, 5) is 34.5. The van der Waals surface area contributed by atoms with Gasteiger partial charge in [-0.2, -0.15) is 5.26 Å². The molecule has 1 aromatic carbocycles. The third kappa shape index (κ3) is 4.50. The SMILES string of the molecule is Cc1ncc(Cl)cc1C(=O)NC1CCC(Cn2c(=O)n(-c3ccncc3C#N)c3ccccc32)CC1. The van der Waals surface area contributed by atoms with Crippen LogP contribution in [0.3, 0.4) is 0 Å². The van der Waals surface area contributed by atoms with E-state index in [1.54, 1.807) is 29.8 Å². The van der Waals surface area contributed by atoms with E-state index in [4.69, 9.17) is 11.6 Å². The quantitative estimate of drug-likeness (QED) is 0.437. The molecule has 0 saturated heterocycles. The highest BCUT2D eigenvalue weighted by molar-refractivity contribution is 6.30. The number of fused-ring (bicyclic) bond motifs is 1. The summed E-state index contributed by atoms with van der Waals surface area (Å²) >= 11 is 6.02. The zero-order chi connectivity index (χ0) is 25.2. The number of halogens is 1. The van der Waals surface area contributed by atoms with Gasteiger partial charge in [0, 0.05) is 31.2 Å². The zero-order valence-electron chi connectivity index (χ0n) is 19.8. The number of hydrogen-bond donors (Lipinski definition) is 1. The molecule has 0 spiro atoms. The number of aryl methyl sites for hydroxylation is 1. The molecule has 0 bridgehead atoms.